The summed E-state index contributed by atoms with van der Waals surface area (Å²) in [5.41, 5.74) is 0. The van der Waals surface area contributed by atoms with Crippen molar-refractivity contribution in [2.45, 2.75) is 4.90 Å². The molecule has 0 unspecified atom stereocenters. The summed E-state index contributed by atoms with van der Waals surface area (Å²) in [4.78, 5) is 1.10. The van der Waals surface area contributed by atoms with E-state index in [0.717, 1.165) is 20.7 Å². The van der Waals surface area contributed by atoms with Crippen molar-refractivity contribution in [3.05, 3.63) is 18.2 Å². The fourth-order valence-corrected chi connectivity index (χ4v) is 2.75. The minimum atomic E-state index is 0.348. The zero-order valence-corrected chi connectivity index (χ0v) is 9.54. The summed E-state index contributed by atoms with van der Waals surface area (Å²) in [6, 6.07) is 5.78. The third kappa shape index (κ3) is 1.55. The Hall–Kier alpha value is -0.870. The number of rotatable bonds is 2. The molecular formula is C10H10O2S2. The number of hydrogen-bond acceptors (Lipinski definition) is 4. The van der Waals surface area contributed by atoms with Crippen LogP contribution < -0.4 is 4.74 Å². The molecule has 0 amide bonds. The molecule has 0 aliphatic carbocycles. The first-order valence-electron chi connectivity index (χ1n) is 4.09. The molecule has 0 saturated carbocycles. The zero-order chi connectivity index (χ0) is 10.1. The fourth-order valence-electron chi connectivity index (χ4n) is 1.35. The Labute approximate surface area is 90.5 Å². The van der Waals surface area contributed by atoms with Crippen LogP contribution in [0.25, 0.3) is 10.1 Å². The van der Waals surface area contributed by atoms with Gasteiger partial charge < -0.3 is 9.84 Å². The van der Waals surface area contributed by atoms with E-state index in [9.17, 15) is 5.11 Å². The van der Waals surface area contributed by atoms with Gasteiger partial charge in [0.15, 0.2) is 5.06 Å². The molecule has 1 aromatic heterocycles. The first-order chi connectivity index (χ1) is 6.74. The van der Waals surface area contributed by atoms with Crippen LogP contribution in [0.4, 0.5) is 0 Å². The second-order valence-electron chi connectivity index (χ2n) is 2.83. The lowest BCUT2D eigenvalue weighted by molar-refractivity contribution is 0.405. The number of hydrogen-bond donors (Lipinski definition) is 1. The molecule has 2 nitrogen and oxygen atoms in total. The van der Waals surface area contributed by atoms with Crippen LogP contribution in [0.5, 0.6) is 10.8 Å². The van der Waals surface area contributed by atoms with E-state index in [2.05, 4.69) is 0 Å². The van der Waals surface area contributed by atoms with Crippen molar-refractivity contribution < 1.29 is 9.84 Å². The first-order valence-corrected chi connectivity index (χ1v) is 6.13. The Balaban J connectivity index is 2.68. The van der Waals surface area contributed by atoms with Crippen LogP contribution in [0, 0.1) is 0 Å². The molecule has 1 N–H and O–H groups in total. The van der Waals surface area contributed by atoms with Crippen molar-refractivity contribution in [3.63, 3.8) is 0 Å². The highest BCUT2D eigenvalue weighted by molar-refractivity contribution is 7.98. The number of methoxy groups -OCH3 is 1. The molecule has 2 aromatic rings. The maximum Gasteiger partial charge on any atom is 0.172 e. The van der Waals surface area contributed by atoms with E-state index >= 15 is 0 Å². The Morgan fingerprint density at radius 1 is 1.36 bits per heavy atom. The maximum atomic E-state index is 9.35. The Morgan fingerprint density at radius 2 is 2.14 bits per heavy atom. The summed E-state index contributed by atoms with van der Waals surface area (Å²) in [6.07, 6.45) is 2.01. The molecule has 0 spiro atoms. The highest BCUT2D eigenvalue weighted by atomic mass is 32.2. The van der Waals surface area contributed by atoms with E-state index in [1.54, 1.807) is 24.9 Å². The lowest BCUT2D eigenvalue weighted by Crippen LogP contribution is -1.84. The molecule has 1 aromatic carbocycles. The molecule has 2 rings (SSSR count). The van der Waals surface area contributed by atoms with Crippen molar-refractivity contribution in [2.75, 3.05) is 13.4 Å². The molecule has 4 heteroatoms. The van der Waals surface area contributed by atoms with E-state index in [1.165, 1.54) is 11.3 Å². The maximum absolute atomic E-state index is 9.35. The molecule has 0 bridgehead atoms. The van der Waals surface area contributed by atoms with Gasteiger partial charge in [-0.25, -0.2) is 0 Å². The lowest BCUT2D eigenvalue weighted by Gasteiger charge is -2.05. The van der Waals surface area contributed by atoms with Gasteiger partial charge in [-0.15, -0.1) is 11.8 Å². The average molecular weight is 226 g/mol. The van der Waals surface area contributed by atoms with Gasteiger partial charge in [0.1, 0.15) is 5.75 Å². The molecule has 0 saturated heterocycles. The molecule has 0 fully saturated rings. The predicted octanol–water partition coefficient (Wildman–Crippen LogP) is 3.34. The Morgan fingerprint density at radius 3 is 2.79 bits per heavy atom. The van der Waals surface area contributed by atoms with Crippen LogP contribution in [-0.2, 0) is 0 Å². The molecule has 0 radical (unpaired) electrons. The topological polar surface area (TPSA) is 29.5 Å². The number of ether oxygens (including phenoxy) is 1. The SMILES string of the molecule is COc1cc2sc(O)cc2cc1SC. The Kier molecular flexibility index (Phi) is 2.56. The Bertz CT molecular complexity index is 421. The third-order valence-electron chi connectivity index (χ3n) is 2.01. The second kappa shape index (κ2) is 3.71. The molecular weight excluding hydrogens is 216 g/mol. The highest BCUT2D eigenvalue weighted by Gasteiger charge is 2.07. The van der Waals surface area contributed by atoms with E-state index in [0.29, 0.717) is 5.06 Å². The van der Waals surface area contributed by atoms with E-state index in [-0.39, 0.29) is 0 Å². The van der Waals surface area contributed by atoms with Crippen LogP contribution in [0.15, 0.2) is 23.1 Å². The fraction of sp³-hybridized carbons (Fsp3) is 0.200. The molecule has 1 heterocycles. The highest BCUT2D eigenvalue weighted by Crippen LogP contribution is 2.38. The van der Waals surface area contributed by atoms with Crippen LogP contribution in [-0.4, -0.2) is 18.5 Å². The lowest BCUT2D eigenvalue weighted by atomic mass is 10.2. The van der Waals surface area contributed by atoms with Gasteiger partial charge in [0, 0.05) is 9.60 Å². The standard InChI is InChI=1S/C10H10O2S2/c1-12-7-5-8-6(3-9(7)13-2)4-10(11)14-8/h3-5,11H,1-2H3. The van der Waals surface area contributed by atoms with Crippen LogP contribution in [0.1, 0.15) is 0 Å². The van der Waals surface area contributed by atoms with E-state index in [1.807, 2.05) is 18.4 Å². The van der Waals surface area contributed by atoms with Gasteiger partial charge in [-0.1, -0.05) is 11.3 Å². The van der Waals surface area contributed by atoms with Gasteiger partial charge in [-0.05, 0) is 29.8 Å². The summed E-state index contributed by atoms with van der Waals surface area (Å²) >= 11 is 3.01. The zero-order valence-electron chi connectivity index (χ0n) is 7.90. The molecule has 0 aliphatic heterocycles. The van der Waals surface area contributed by atoms with Crippen molar-refractivity contribution in [1.82, 2.24) is 0 Å². The minimum absolute atomic E-state index is 0.348. The quantitative estimate of drug-likeness (QED) is 0.796. The molecule has 0 atom stereocenters. The smallest absolute Gasteiger partial charge is 0.172 e. The summed E-state index contributed by atoms with van der Waals surface area (Å²) in [5.74, 6) is 0.867. The monoisotopic (exact) mass is 226 g/mol. The van der Waals surface area contributed by atoms with Crippen molar-refractivity contribution >= 4 is 33.2 Å². The number of fused-ring (bicyclic) bond motifs is 1. The number of thioether (sulfide) groups is 1. The van der Waals surface area contributed by atoms with Crippen molar-refractivity contribution in [2.24, 2.45) is 0 Å². The summed E-state index contributed by atoms with van der Waals surface area (Å²) in [5, 5.41) is 10.8. The normalized spacial score (nSPS) is 10.7. The summed E-state index contributed by atoms with van der Waals surface area (Å²) < 4.78 is 6.31. The van der Waals surface area contributed by atoms with E-state index < -0.39 is 0 Å². The molecule has 0 aliphatic rings. The van der Waals surface area contributed by atoms with Gasteiger partial charge >= 0.3 is 0 Å². The van der Waals surface area contributed by atoms with Gasteiger partial charge in [-0.3, -0.25) is 0 Å². The van der Waals surface area contributed by atoms with Crippen molar-refractivity contribution in [1.29, 1.82) is 0 Å². The number of thiophene rings is 1. The van der Waals surface area contributed by atoms with Gasteiger partial charge in [0.25, 0.3) is 0 Å². The average Bonchev–Trinajstić information content (AvgIpc) is 2.54. The van der Waals surface area contributed by atoms with Gasteiger partial charge in [0.2, 0.25) is 0 Å². The number of aromatic hydroxyl groups is 1. The number of benzene rings is 1. The van der Waals surface area contributed by atoms with Gasteiger partial charge in [0.05, 0.1) is 7.11 Å². The third-order valence-corrected chi connectivity index (χ3v) is 3.67. The van der Waals surface area contributed by atoms with Crippen LogP contribution >= 0.6 is 23.1 Å². The summed E-state index contributed by atoms with van der Waals surface area (Å²) in [7, 11) is 1.66. The van der Waals surface area contributed by atoms with E-state index in [4.69, 9.17) is 4.74 Å². The largest absolute Gasteiger partial charge is 0.499 e. The second-order valence-corrected chi connectivity index (χ2v) is 4.74. The molecule has 74 valence electrons. The van der Waals surface area contributed by atoms with Crippen molar-refractivity contribution in [3.8, 4) is 10.8 Å². The van der Waals surface area contributed by atoms with Gasteiger partial charge in [-0.2, -0.15) is 0 Å². The minimum Gasteiger partial charge on any atom is -0.499 e. The molecule has 14 heavy (non-hydrogen) atoms. The first kappa shape index (κ1) is 9.68. The summed E-state index contributed by atoms with van der Waals surface area (Å²) in [6.45, 7) is 0. The predicted molar refractivity (Wildman–Crippen MR) is 61.8 cm³/mol. The van der Waals surface area contributed by atoms with Crippen LogP contribution in [0.2, 0.25) is 0 Å². The van der Waals surface area contributed by atoms with Crippen LogP contribution in [0.3, 0.4) is 0 Å².